The molecule has 0 atom stereocenters. The molecule has 0 aliphatic carbocycles. The number of ether oxygens (including phenoxy) is 2. The standard InChI is InChI=1S/C14H11BrN2O3/c1-19-7-3-4-8-10(5-7)16-13-9(14(18)20-2)6-11(15)17-12(8)13/h3-6,16H,1-2H3. The number of hydrogen-bond acceptors (Lipinski definition) is 4. The Morgan fingerprint density at radius 3 is 2.80 bits per heavy atom. The Bertz CT molecular complexity index is 826. The number of H-pyrrole nitrogens is 1. The van der Waals surface area contributed by atoms with E-state index in [-0.39, 0.29) is 0 Å². The van der Waals surface area contributed by atoms with Gasteiger partial charge in [-0.25, -0.2) is 9.78 Å². The minimum Gasteiger partial charge on any atom is -0.497 e. The number of nitrogens with one attached hydrogen (secondary N) is 1. The average molecular weight is 335 g/mol. The molecule has 0 spiro atoms. The van der Waals surface area contributed by atoms with Crippen LogP contribution in [0.15, 0.2) is 28.9 Å². The van der Waals surface area contributed by atoms with Crippen LogP contribution in [0.2, 0.25) is 0 Å². The van der Waals surface area contributed by atoms with E-state index in [0.29, 0.717) is 15.7 Å². The number of pyridine rings is 1. The predicted molar refractivity (Wildman–Crippen MR) is 79.2 cm³/mol. The van der Waals surface area contributed by atoms with Gasteiger partial charge >= 0.3 is 5.97 Å². The summed E-state index contributed by atoms with van der Waals surface area (Å²) in [4.78, 5) is 19.5. The number of nitrogens with zero attached hydrogens (tertiary/aromatic N) is 1. The molecule has 0 radical (unpaired) electrons. The fourth-order valence-electron chi connectivity index (χ4n) is 2.20. The molecular formula is C14H11BrN2O3. The Hall–Kier alpha value is -2.08. The molecule has 0 aliphatic heterocycles. The third-order valence-corrected chi connectivity index (χ3v) is 3.54. The number of benzene rings is 1. The predicted octanol–water partition coefficient (Wildman–Crippen LogP) is 3.27. The second-order valence-corrected chi connectivity index (χ2v) is 5.06. The van der Waals surface area contributed by atoms with Gasteiger partial charge in [0.05, 0.1) is 36.3 Å². The molecule has 0 saturated carbocycles. The van der Waals surface area contributed by atoms with E-state index >= 15 is 0 Å². The van der Waals surface area contributed by atoms with E-state index in [2.05, 4.69) is 25.9 Å². The highest BCUT2D eigenvalue weighted by Crippen LogP contribution is 2.30. The van der Waals surface area contributed by atoms with Crippen LogP contribution in [0.1, 0.15) is 10.4 Å². The summed E-state index contributed by atoms with van der Waals surface area (Å²) in [5, 5.41) is 0.923. The fourth-order valence-corrected chi connectivity index (χ4v) is 2.61. The molecule has 102 valence electrons. The van der Waals surface area contributed by atoms with Crippen molar-refractivity contribution in [2.75, 3.05) is 14.2 Å². The van der Waals surface area contributed by atoms with E-state index in [0.717, 1.165) is 22.2 Å². The van der Waals surface area contributed by atoms with E-state index in [1.807, 2.05) is 18.2 Å². The van der Waals surface area contributed by atoms with E-state index < -0.39 is 5.97 Å². The summed E-state index contributed by atoms with van der Waals surface area (Å²) in [5.74, 6) is 0.333. The average Bonchev–Trinajstić information content (AvgIpc) is 2.83. The van der Waals surface area contributed by atoms with Crippen molar-refractivity contribution in [1.82, 2.24) is 9.97 Å². The number of hydrogen-bond donors (Lipinski definition) is 1. The minimum absolute atomic E-state index is 0.406. The third kappa shape index (κ3) is 1.92. The van der Waals surface area contributed by atoms with Crippen molar-refractivity contribution in [3.05, 3.63) is 34.4 Å². The smallest absolute Gasteiger partial charge is 0.340 e. The largest absolute Gasteiger partial charge is 0.497 e. The molecule has 0 fully saturated rings. The fraction of sp³-hybridized carbons (Fsp3) is 0.143. The Labute approximate surface area is 123 Å². The molecular weight excluding hydrogens is 324 g/mol. The first-order valence-corrected chi connectivity index (χ1v) is 6.67. The summed E-state index contributed by atoms with van der Waals surface area (Å²) in [5.41, 5.74) is 2.68. The maximum atomic E-state index is 11.9. The number of aromatic amines is 1. The zero-order valence-electron chi connectivity index (χ0n) is 10.9. The molecule has 0 amide bonds. The van der Waals surface area contributed by atoms with Crippen LogP contribution in [0.3, 0.4) is 0 Å². The summed E-state index contributed by atoms with van der Waals surface area (Å²) in [6.07, 6.45) is 0. The van der Waals surface area contributed by atoms with Gasteiger partial charge in [0.25, 0.3) is 0 Å². The zero-order valence-corrected chi connectivity index (χ0v) is 12.4. The number of carbonyl (C=O) groups excluding carboxylic acids is 1. The van der Waals surface area contributed by atoms with Crippen molar-refractivity contribution in [3.8, 4) is 5.75 Å². The monoisotopic (exact) mass is 334 g/mol. The van der Waals surface area contributed by atoms with Gasteiger partial charge in [0.2, 0.25) is 0 Å². The highest BCUT2D eigenvalue weighted by Gasteiger charge is 2.17. The van der Waals surface area contributed by atoms with Gasteiger partial charge in [0, 0.05) is 11.5 Å². The first-order valence-electron chi connectivity index (χ1n) is 5.88. The van der Waals surface area contributed by atoms with E-state index in [1.165, 1.54) is 7.11 Å². The van der Waals surface area contributed by atoms with E-state index in [1.54, 1.807) is 13.2 Å². The van der Waals surface area contributed by atoms with Crippen LogP contribution in [0.25, 0.3) is 21.9 Å². The van der Waals surface area contributed by atoms with Gasteiger partial charge in [-0.3, -0.25) is 0 Å². The van der Waals surface area contributed by atoms with Crippen LogP contribution in [0.4, 0.5) is 0 Å². The molecule has 0 bridgehead atoms. The van der Waals surface area contributed by atoms with Crippen molar-refractivity contribution >= 4 is 43.8 Å². The lowest BCUT2D eigenvalue weighted by Gasteiger charge is -2.01. The first kappa shape index (κ1) is 12.9. The third-order valence-electron chi connectivity index (χ3n) is 3.14. The molecule has 3 rings (SSSR count). The molecule has 6 heteroatoms. The van der Waals surface area contributed by atoms with E-state index in [9.17, 15) is 4.79 Å². The number of carbonyl (C=O) groups is 1. The second kappa shape index (κ2) is 4.79. The number of aromatic nitrogens is 2. The molecule has 0 unspecified atom stereocenters. The van der Waals surface area contributed by atoms with Gasteiger partial charge in [-0.2, -0.15) is 0 Å². The summed E-state index contributed by atoms with van der Waals surface area (Å²) < 4.78 is 10.6. The Morgan fingerprint density at radius 2 is 2.10 bits per heavy atom. The highest BCUT2D eigenvalue weighted by atomic mass is 79.9. The SMILES string of the molecule is COC(=O)c1cc(Br)nc2c1[nH]c1cc(OC)ccc12. The number of fused-ring (bicyclic) bond motifs is 3. The zero-order chi connectivity index (χ0) is 14.3. The summed E-state index contributed by atoms with van der Waals surface area (Å²) in [6.45, 7) is 0. The molecule has 3 aromatic rings. The van der Waals surface area contributed by atoms with Crippen molar-refractivity contribution in [1.29, 1.82) is 0 Å². The first-order chi connectivity index (χ1) is 9.63. The minimum atomic E-state index is -0.406. The number of halogens is 1. The number of rotatable bonds is 2. The summed E-state index contributed by atoms with van der Waals surface area (Å²) in [6, 6.07) is 7.27. The molecule has 0 saturated heterocycles. The lowest BCUT2D eigenvalue weighted by Crippen LogP contribution is -2.02. The molecule has 1 N–H and O–H groups in total. The van der Waals surface area contributed by atoms with Crippen LogP contribution in [-0.2, 0) is 4.74 Å². The van der Waals surface area contributed by atoms with Crippen LogP contribution in [-0.4, -0.2) is 30.2 Å². The van der Waals surface area contributed by atoms with Gasteiger partial charge in [0.15, 0.2) is 0 Å². The van der Waals surface area contributed by atoms with Crippen LogP contribution < -0.4 is 4.74 Å². The molecule has 20 heavy (non-hydrogen) atoms. The van der Waals surface area contributed by atoms with Gasteiger partial charge in [-0.15, -0.1) is 0 Å². The lowest BCUT2D eigenvalue weighted by atomic mass is 10.2. The maximum absolute atomic E-state index is 11.9. The van der Waals surface area contributed by atoms with Gasteiger partial charge in [0.1, 0.15) is 10.4 Å². The molecule has 0 aliphatic rings. The Morgan fingerprint density at radius 1 is 1.30 bits per heavy atom. The van der Waals surface area contributed by atoms with Gasteiger partial charge in [-0.05, 0) is 34.1 Å². The molecule has 1 aromatic carbocycles. The quantitative estimate of drug-likeness (QED) is 0.577. The summed E-state index contributed by atoms with van der Waals surface area (Å²) >= 11 is 3.32. The van der Waals surface area contributed by atoms with Gasteiger partial charge < -0.3 is 14.5 Å². The molecule has 5 nitrogen and oxygen atoms in total. The molecule has 2 heterocycles. The van der Waals surface area contributed by atoms with Crippen LogP contribution in [0.5, 0.6) is 5.75 Å². The van der Waals surface area contributed by atoms with Crippen molar-refractivity contribution in [2.45, 2.75) is 0 Å². The van der Waals surface area contributed by atoms with E-state index in [4.69, 9.17) is 9.47 Å². The van der Waals surface area contributed by atoms with Gasteiger partial charge in [-0.1, -0.05) is 0 Å². The number of methoxy groups -OCH3 is 2. The number of esters is 1. The highest BCUT2D eigenvalue weighted by molar-refractivity contribution is 9.10. The second-order valence-electron chi connectivity index (χ2n) is 4.24. The Kier molecular flexibility index (Phi) is 3.10. The maximum Gasteiger partial charge on any atom is 0.340 e. The lowest BCUT2D eigenvalue weighted by molar-refractivity contribution is 0.0602. The Balaban J connectivity index is 2.39. The van der Waals surface area contributed by atoms with Crippen molar-refractivity contribution in [3.63, 3.8) is 0 Å². The summed E-state index contributed by atoms with van der Waals surface area (Å²) in [7, 11) is 2.96. The van der Waals surface area contributed by atoms with Crippen LogP contribution >= 0.6 is 15.9 Å². The van der Waals surface area contributed by atoms with Crippen LogP contribution in [0, 0.1) is 0 Å². The topological polar surface area (TPSA) is 64.2 Å². The molecule has 2 aromatic heterocycles. The van der Waals surface area contributed by atoms with Crippen molar-refractivity contribution in [2.24, 2.45) is 0 Å². The van der Waals surface area contributed by atoms with Crippen molar-refractivity contribution < 1.29 is 14.3 Å². The normalized spacial score (nSPS) is 10.9.